The van der Waals surface area contributed by atoms with Gasteiger partial charge < -0.3 is 26.2 Å². The second kappa shape index (κ2) is 9.73. The number of primary amides is 1. The quantitative estimate of drug-likeness (QED) is 0.385. The molecule has 13 heteroatoms. The summed E-state index contributed by atoms with van der Waals surface area (Å²) in [5.41, 5.74) is 6.90. The number of imidazole rings is 1. The number of hydrogen-bond acceptors (Lipinski definition) is 8. The lowest BCUT2D eigenvalue weighted by molar-refractivity contribution is -0.122. The molecular weight excluding hydrogens is 500 g/mol. The minimum Gasteiger partial charge on any atom is -0.388 e. The summed E-state index contributed by atoms with van der Waals surface area (Å²) >= 11 is 12.5. The van der Waals surface area contributed by atoms with E-state index in [0.29, 0.717) is 61.0 Å². The van der Waals surface area contributed by atoms with E-state index in [2.05, 4.69) is 25.6 Å². The molecule has 0 unspecified atom stereocenters. The first-order valence-electron chi connectivity index (χ1n) is 11.3. The van der Waals surface area contributed by atoms with Gasteiger partial charge in [-0.05, 0) is 37.8 Å². The largest absolute Gasteiger partial charge is 0.388 e. The predicted octanol–water partition coefficient (Wildman–Crippen LogP) is 3.40. The number of carbonyl (C=O) groups excluding carboxylic acids is 1. The van der Waals surface area contributed by atoms with Gasteiger partial charge in [-0.15, -0.1) is 0 Å². The average Bonchev–Trinajstić information content (AvgIpc) is 3.38. The zero-order valence-corrected chi connectivity index (χ0v) is 20.1. The van der Waals surface area contributed by atoms with Crippen LogP contribution in [-0.4, -0.2) is 55.9 Å². The van der Waals surface area contributed by atoms with E-state index in [1.54, 1.807) is 6.20 Å². The van der Waals surface area contributed by atoms with Crippen LogP contribution in [0.3, 0.4) is 0 Å². The number of carbonyl (C=O) groups is 1. The number of amides is 1. The second-order valence-corrected chi connectivity index (χ2v) is 9.66. The van der Waals surface area contributed by atoms with Crippen LogP contribution in [0, 0.1) is 11.7 Å². The van der Waals surface area contributed by atoms with E-state index >= 15 is 0 Å². The highest BCUT2D eigenvalue weighted by Crippen LogP contribution is 2.39. The summed E-state index contributed by atoms with van der Waals surface area (Å²) in [6.45, 7) is 0.585. The van der Waals surface area contributed by atoms with E-state index in [0.717, 1.165) is 12.1 Å². The fourth-order valence-electron chi connectivity index (χ4n) is 4.63. The topological polar surface area (TPSA) is 140 Å². The molecule has 0 radical (unpaired) electrons. The van der Waals surface area contributed by atoms with Crippen LogP contribution in [0.15, 0.2) is 18.3 Å². The molecule has 1 aliphatic heterocycles. The molecule has 2 aliphatic rings. The number of rotatable bonds is 6. The molecule has 0 bridgehead atoms. The first kappa shape index (κ1) is 24.0. The zero-order valence-electron chi connectivity index (χ0n) is 18.5. The van der Waals surface area contributed by atoms with Gasteiger partial charge in [0.05, 0.1) is 47.3 Å². The lowest BCUT2D eigenvalue weighted by atomic mass is 9.85. The summed E-state index contributed by atoms with van der Waals surface area (Å²) in [4.78, 5) is 25.3. The number of ether oxygens (including phenoxy) is 1. The maximum atomic E-state index is 13.7. The van der Waals surface area contributed by atoms with Gasteiger partial charge in [0.2, 0.25) is 17.8 Å². The van der Waals surface area contributed by atoms with Gasteiger partial charge in [-0.3, -0.25) is 9.36 Å². The zero-order chi connectivity index (χ0) is 24.7. The van der Waals surface area contributed by atoms with Crippen LogP contribution < -0.4 is 16.4 Å². The summed E-state index contributed by atoms with van der Waals surface area (Å²) in [5, 5.41) is 16.5. The molecule has 2 atom stereocenters. The summed E-state index contributed by atoms with van der Waals surface area (Å²) in [7, 11) is 0. The Bertz CT molecular complexity index is 1240. The van der Waals surface area contributed by atoms with Crippen molar-refractivity contribution < 1.29 is 19.0 Å². The first-order chi connectivity index (χ1) is 16.8. The molecule has 5 rings (SSSR count). The number of fused-ring (bicyclic) bond motifs is 1. The summed E-state index contributed by atoms with van der Waals surface area (Å²) in [6.07, 6.45) is 3.56. The molecule has 1 amide bonds. The van der Waals surface area contributed by atoms with E-state index in [1.165, 1.54) is 0 Å². The molecule has 1 aliphatic carbocycles. The summed E-state index contributed by atoms with van der Waals surface area (Å²) < 4.78 is 20.9. The van der Waals surface area contributed by atoms with Crippen LogP contribution in [-0.2, 0) is 9.53 Å². The van der Waals surface area contributed by atoms with Gasteiger partial charge in [0.1, 0.15) is 11.3 Å². The molecule has 1 aromatic carbocycles. The molecule has 2 fully saturated rings. The number of nitrogens with zero attached hydrogens (tertiary/aromatic N) is 4. The Kier molecular flexibility index (Phi) is 6.67. The Balaban J connectivity index is 1.54. The Morgan fingerprint density at radius 3 is 2.51 bits per heavy atom. The summed E-state index contributed by atoms with van der Waals surface area (Å²) in [6, 6.07) is 1.96. The Labute approximate surface area is 210 Å². The molecule has 3 heterocycles. The number of nitrogens with two attached hydrogens (primary N) is 1. The Hall–Kier alpha value is -2.73. The number of aliphatic hydroxyl groups excluding tert-OH is 1. The first-order valence-corrected chi connectivity index (χ1v) is 12.0. The van der Waals surface area contributed by atoms with Crippen molar-refractivity contribution in [2.75, 3.05) is 23.8 Å². The monoisotopic (exact) mass is 523 g/mol. The standard InChI is InChI=1S/C22H24Cl2FN7O3/c23-13-5-11(25)6-14(24)18(13)30-22-29-15-7-27-21(28-16-8-35-9-17(16)33)31-20(15)32(22)12-3-1-10(2-4-12)19(26)34/h5-7,10,12,16-17,33H,1-4,8-9H2,(H2,26,34)(H,29,30)(H,27,28,31)/t10-,12-,16-,17-/m1/s1. The highest BCUT2D eigenvalue weighted by atomic mass is 35.5. The third kappa shape index (κ3) is 4.86. The van der Waals surface area contributed by atoms with Crippen LogP contribution in [0.1, 0.15) is 31.7 Å². The van der Waals surface area contributed by atoms with Crippen molar-refractivity contribution in [3.63, 3.8) is 0 Å². The van der Waals surface area contributed by atoms with Crippen molar-refractivity contribution in [1.82, 2.24) is 19.5 Å². The van der Waals surface area contributed by atoms with Crippen molar-refractivity contribution in [2.24, 2.45) is 11.7 Å². The smallest absolute Gasteiger partial charge is 0.225 e. The number of hydrogen-bond donors (Lipinski definition) is 4. The van der Waals surface area contributed by atoms with Gasteiger partial charge in [-0.1, -0.05) is 23.2 Å². The van der Waals surface area contributed by atoms with Crippen LogP contribution in [0.4, 0.5) is 22.0 Å². The van der Waals surface area contributed by atoms with Gasteiger partial charge in [0, 0.05) is 12.0 Å². The molecule has 5 N–H and O–H groups in total. The lowest BCUT2D eigenvalue weighted by Crippen LogP contribution is -2.32. The van der Waals surface area contributed by atoms with E-state index in [9.17, 15) is 14.3 Å². The number of aromatic nitrogens is 4. The number of nitrogens with one attached hydrogen (secondary N) is 2. The second-order valence-electron chi connectivity index (χ2n) is 8.84. The van der Waals surface area contributed by atoms with Crippen LogP contribution in [0.5, 0.6) is 0 Å². The average molecular weight is 524 g/mol. The van der Waals surface area contributed by atoms with Gasteiger partial charge in [0.25, 0.3) is 0 Å². The van der Waals surface area contributed by atoms with Gasteiger partial charge in [0.15, 0.2) is 5.65 Å². The van der Waals surface area contributed by atoms with E-state index in [-0.39, 0.29) is 40.6 Å². The lowest BCUT2D eigenvalue weighted by Gasteiger charge is -2.29. The molecule has 35 heavy (non-hydrogen) atoms. The molecule has 3 aromatic rings. The minimum absolute atomic E-state index is 0.0424. The third-order valence-corrected chi connectivity index (χ3v) is 7.10. The molecular formula is C22H24Cl2FN7O3. The van der Waals surface area contributed by atoms with E-state index in [1.807, 2.05) is 4.57 Å². The number of halogens is 3. The maximum absolute atomic E-state index is 13.7. The van der Waals surface area contributed by atoms with Crippen molar-refractivity contribution in [1.29, 1.82) is 0 Å². The maximum Gasteiger partial charge on any atom is 0.225 e. The molecule has 0 spiro atoms. The molecule has 10 nitrogen and oxygen atoms in total. The van der Waals surface area contributed by atoms with Gasteiger partial charge in [-0.2, -0.15) is 4.98 Å². The predicted molar refractivity (Wildman–Crippen MR) is 129 cm³/mol. The van der Waals surface area contributed by atoms with E-state index in [4.69, 9.17) is 33.7 Å². The fraction of sp³-hybridized carbons (Fsp3) is 0.455. The highest BCUT2D eigenvalue weighted by molar-refractivity contribution is 6.39. The Morgan fingerprint density at radius 1 is 1.17 bits per heavy atom. The van der Waals surface area contributed by atoms with Crippen molar-refractivity contribution in [2.45, 2.75) is 43.9 Å². The Morgan fingerprint density at radius 2 is 1.89 bits per heavy atom. The fourth-order valence-corrected chi connectivity index (χ4v) is 5.19. The van der Waals surface area contributed by atoms with E-state index < -0.39 is 11.9 Å². The number of aliphatic hydroxyl groups is 1. The third-order valence-electron chi connectivity index (χ3n) is 6.51. The SMILES string of the molecule is NC(=O)[C@H]1CC[C@H](n2c(Nc3c(Cl)cc(F)cc3Cl)nc3cnc(N[C@@H]4COC[C@H]4O)nc32)CC1. The van der Waals surface area contributed by atoms with Crippen LogP contribution >= 0.6 is 23.2 Å². The van der Waals surface area contributed by atoms with Crippen molar-refractivity contribution in [3.8, 4) is 0 Å². The van der Waals surface area contributed by atoms with Crippen molar-refractivity contribution in [3.05, 3.63) is 34.2 Å². The molecule has 1 saturated heterocycles. The van der Waals surface area contributed by atoms with Crippen LogP contribution in [0.25, 0.3) is 11.2 Å². The van der Waals surface area contributed by atoms with Gasteiger partial charge >= 0.3 is 0 Å². The van der Waals surface area contributed by atoms with Crippen molar-refractivity contribution >= 4 is 57.9 Å². The molecule has 2 aromatic heterocycles. The minimum atomic E-state index is -0.664. The normalized spacial score (nSPS) is 24.6. The summed E-state index contributed by atoms with van der Waals surface area (Å²) in [5.74, 6) is -0.289. The molecule has 1 saturated carbocycles. The van der Waals surface area contributed by atoms with Gasteiger partial charge in [-0.25, -0.2) is 14.4 Å². The van der Waals surface area contributed by atoms with Crippen LogP contribution in [0.2, 0.25) is 10.0 Å². The number of anilines is 3. The molecule has 186 valence electrons. The highest BCUT2D eigenvalue weighted by Gasteiger charge is 2.30. The number of benzene rings is 1.